The summed E-state index contributed by atoms with van der Waals surface area (Å²) >= 11 is 0. The molecule has 0 heteroatoms. The van der Waals surface area contributed by atoms with E-state index in [1.807, 2.05) is 0 Å². The second-order valence-corrected chi connectivity index (χ2v) is 17.1. The highest BCUT2D eigenvalue weighted by molar-refractivity contribution is 5.89. The number of fused-ring (bicyclic) bond motifs is 6. The molecular formula is C63H44. The normalized spacial score (nSPS) is 13.8. The lowest BCUT2D eigenvalue weighted by atomic mass is 9.66. The minimum Gasteiger partial charge on any atom is -0.0622 e. The molecule has 0 amide bonds. The van der Waals surface area contributed by atoms with Crippen molar-refractivity contribution in [3.63, 3.8) is 0 Å². The third-order valence-electron chi connectivity index (χ3n) is 14.0. The zero-order chi connectivity index (χ0) is 41.8. The summed E-state index contributed by atoms with van der Waals surface area (Å²) < 4.78 is 0. The summed E-state index contributed by atoms with van der Waals surface area (Å²) in [4.78, 5) is 0. The average molecular weight is 801 g/mol. The fraction of sp³-hybridized carbons (Fsp3) is 0.0476. The fourth-order valence-electron chi connectivity index (χ4n) is 11.5. The molecule has 0 saturated carbocycles. The van der Waals surface area contributed by atoms with Gasteiger partial charge in [0, 0.05) is 5.92 Å². The first-order valence-corrected chi connectivity index (χ1v) is 22.1. The van der Waals surface area contributed by atoms with E-state index in [2.05, 4.69) is 261 Å². The maximum atomic E-state index is 2.56. The van der Waals surface area contributed by atoms with E-state index in [4.69, 9.17) is 0 Å². The second kappa shape index (κ2) is 15.0. The predicted octanol–water partition coefficient (Wildman–Crippen LogP) is 15.3. The van der Waals surface area contributed by atoms with Crippen LogP contribution in [0.2, 0.25) is 0 Å². The Balaban J connectivity index is 1.16. The van der Waals surface area contributed by atoms with Crippen molar-refractivity contribution in [2.24, 2.45) is 0 Å². The lowest BCUT2D eigenvalue weighted by Crippen LogP contribution is -2.29. The van der Waals surface area contributed by atoms with Gasteiger partial charge in [-0.05, 0) is 94.6 Å². The van der Waals surface area contributed by atoms with Crippen LogP contribution in [0.25, 0.3) is 33.4 Å². The molecule has 12 rings (SSSR count). The van der Waals surface area contributed by atoms with Crippen LogP contribution in [-0.2, 0) is 10.8 Å². The molecule has 63 heavy (non-hydrogen) atoms. The second-order valence-electron chi connectivity index (χ2n) is 17.1. The van der Waals surface area contributed by atoms with Gasteiger partial charge < -0.3 is 0 Å². The van der Waals surface area contributed by atoms with Gasteiger partial charge in [0.15, 0.2) is 0 Å². The summed E-state index contributed by atoms with van der Waals surface area (Å²) in [6.45, 7) is 0. The summed E-state index contributed by atoms with van der Waals surface area (Å²) in [6, 6.07) is 97.5. The molecule has 0 heterocycles. The molecule has 0 nitrogen and oxygen atoms in total. The van der Waals surface area contributed by atoms with Gasteiger partial charge in [0.1, 0.15) is 0 Å². The van der Waals surface area contributed by atoms with Crippen molar-refractivity contribution < 1.29 is 0 Å². The van der Waals surface area contributed by atoms with Crippen molar-refractivity contribution in [3.05, 3.63) is 322 Å². The van der Waals surface area contributed by atoms with Crippen molar-refractivity contribution in [2.75, 3.05) is 0 Å². The van der Waals surface area contributed by atoms with Crippen LogP contribution in [0.3, 0.4) is 0 Å². The first-order valence-electron chi connectivity index (χ1n) is 22.1. The van der Waals surface area contributed by atoms with Crippen molar-refractivity contribution in [2.45, 2.75) is 16.7 Å². The smallest absolute Gasteiger partial charge is 0.0622 e. The zero-order valence-corrected chi connectivity index (χ0v) is 34.9. The highest BCUT2D eigenvalue weighted by atomic mass is 14.5. The molecule has 2 aliphatic carbocycles. The van der Waals surface area contributed by atoms with E-state index in [1.165, 1.54) is 94.6 Å². The predicted molar refractivity (Wildman–Crippen MR) is 260 cm³/mol. The molecule has 0 unspecified atom stereocenters. The van der Waals surface area contributed by atoms with Crippen LogP contribution < -0.4 is 0 Å². The summed E-state index contributed by atoms with van der Waals surface area (Å²) in [6.07, 6.45) is 0. The van der Waals surface area contributed by atoms with E-state index in [-0.39, 0.29) is 5.92 Å². The Morgan fingerprint density at radius 1 is 0.238 bits per heavy atom. The van der Waals surface area contributed by atoms with Gasteiger partial charge in [-0.3, -0.25) is 0 Å². The standard InChI is InChI=1S/C63H44/c1-6-22-44(23-7-1)51-32-16-17-35-56(51)61(45-38-40-54-52-33-18-20-36-57(52)62(59(54)42-45,47-24-8-2-9-25-47)48-26-10-3-11-27-48)46-39-41-55-53-34-19-21-37-58(53)63(60(55)43-46,49-28-12-4-13-29-49)50-30-14-5-15-31-50/h1-43,61H. The highest BCUT2D eigenvalue weighted by Crippen LogP contribution is 2.59. The molecule has 0 aromatic heterocycles. The summed E-state index contributed by atoms with van der Waals surface area (Å²) in [5.41, 5.74) is 20.8. The quantitative estimate of drug-likeness (QED) is 0.134. The summed E-state index contributed by atoms with van der Waals surface area (Å²) in [5.74, 6) is -0.0991. The van der Waals surface area contributed by atoms with Gasteiger partial charge in [-0.2, -0.15) is 0 Å². The first-order chi connectivity index (χ1) is 31.3. The van der Waals surface area contributed by atoms with Crippen LogP contribution in [-0.4, -0.2) is 0 Å². The van der Waals surface area contributed by atoms with E-state index in [0.717, 1.165) is 0 Å². The largest absolute Gasteiger partial charge is 0.0713 e. The van der Waals surface area contributed by atoms with Crippen LogP contribution in [0.15, 0.2) is 261 Å². The Morgan fingerprint density at radius 3 is 0.968 bits per heavy atom. The molecule has 0 spiro atoms. The van der Waals surface area contributed by atoms with Crippen LogP contribution >= 0.6 is 0 Å². The van der Waals surface area contributed by atoms with Crippen molar-refractivity contribution in [1.29, 1.82) is 0 Å². The monoisotopic (exact) mass is 800 g/mol. The van der Waals surface area contributed by atoms with Crippen molar-refractivity contribution >= 4 is 0 Å². The Kier molecular flexibility index (Phi) is 8.80. The van der Waals surface area contributed by atoms with Gasteiger partial charge in [-0.1, -0.05) is 261 Å². The molecule has 10 aromatic carbocycles. The first kappa shape index (κ1) is 37.0. The fourth-order valence-corrected chi connectivity index (χ4v) is 11.5. The molecular weight excluding hydrogens is 757 g/mol. The topological polar surface area (TPSA) is 0 Å². The third-order valence-corrected chi connectivity index (χ3v) is 14.0. The summed E-state index contributed by atoms with van der Waals surface area (Å²) in [7, 11) is 0. The van der Waals surface area contributed by atoms with Gasteiger partial charge in [-0.25, -0.2) is 0 Å². The van der Waals surface area contributed by atoms with Gasteiger partial charge in [0.25, 0.3) is 0 Å². The number of hydrogen-bond acceptors (Lipinski definition) is 0. The van der Waals surface area contributed by atoms with Crippen LogP contribution in [0.1, 0.15) is 67.1 Å². The molecule has 0 N–H and O–H groups in total. The molecule has 0 radical (unpaired) electrons. The van der Waals surface area contributed by atoms with Crippen LogP contribution in [0.5, 0.6) is 0 Å². The number of rotatable bonds is 8. The number of hydrogen-bond donors (Lipinski definition) is 0. The molecule has 0 saturated heterocycles. The van der Waals surface area contributed by atoms with E-state index < -0.39 is 10.8 Å². The molecule has 2 aliphatic rings. The zero-order valence-electron chi connectivity index (χ0n) is 34.9. The molecule has 0 bridgehead atoms. The van der Waals surface area contributed by atoms with Gasteiger partial charge in [0.2, 0.25) is 0 Å². The van der Waals surface area contributed by atoms with Crippen molar-refractivity contribution in [1.82, 2.24) is 0 Å². The lowest BCUT2D eigenvalue weighted by Gasteiger charge is -2.35. The van der Waals surface area contributed by atoms with Gasteiger partial charge in [-0.15, -0.1) is 0 Å². The molecule has 10 aromatic rings. The molecule has 0 atom stereocenters. The molecule has 0 fully saturated rings. The van der Waals surface area contributed by atoms with E-state index in [0.29, 0.717) is 0 Å². The molecule has 0 aliphatic heterocycles. The Hall–Kier alpha value is -7.80. The van der Waals surface area contributed by atoms with Gasteiger partial charge >= 0.3 is 0 Å². The highest BCUT2D eigenvalue weighted by Gasteiger charge is 2.48. The Bertz CT molecular complexity index is 3000. The minimum absolute atomic E-state index is 0.0991. The minimum atomic E-state index is -0.511. The van der Waals surface area contributed by atoms with Gasteiger partial charge in [0.05, 0.1) is 10.8 Å². The maximum absolute atomic E-state index is 2.56. The third kappa shape index (κ3) is 5.54. The van der Waals surface area contributed by atoms with E-state index in [9.17, 15) is 0 Å². The Labute approximate surface area is 370 Å². The van der Waals surface area contributed by atoms with E-state index >= 15 is 0 Å². The van der Waals surface area contributed by atoms with Crippen LogP contribution in [0.4, 0.5) is 0 Å². The number of benzene rings is 10. The molecule has 296 valence electrons. The lowest BCUT2D eigenvalue weighted by molar-refractivity contribution is 0.762. The summed E-state index contributed by atoms with van der Waals surface area (Å²) in [5, 5.41) is 0. The van der Waals surface area contributed by atoms with Crippen LogP contribution in [0, 0.1) is 0 Å². The maximum Gasteiger partial charge on any atom is 0.0713 e. The SMILES string of the molecule is c1ccc(-c2ccccc2C(c2ccc3c(c2)C(c2ccccc2)(c2ccccc2)c2ccccc2-3)c2ccc3c(c2)C(c2ccccc2)(c2ccccc2)c2ccccc2-3)cc1. The Morgan fingerprint density at radius 2 is 0.556 bits per heavy atom. The average Bonchev–Trinajstić information content (AvgIpc) is 3.83. The van der Waals surface area contributed by atoms with E-state index in [1.54, 1.807) is 0 Å². The van der Waals surface area contributed by atoms with Crippen molar-refractivity contribution in [3.8, 4) is 33.4 Å².